The summed E-state index contributed by atoms with van der Waals surface area (Å²) < 4.78 is 1.13. The Hall–Kier alpha value is -0.540. The van der Waals surface area contributed by atoms with Gasteiger partial charge in [-0.3, -0.25) is 0 Å². The number of hydrogen-bond donors (Lipinski definition) is 1. The van der Waals surface area contributed by atoms with E-state index in [9.17, 15) is 0 Å². The van der Waals surface area contributed by atoms with Crippen LogP contribution in [-0.2, 0) is 0 Å². The van der Waals surface area contributed by atoms with Crippen LogP contribution < -0.4 is 5.32 Å². The van der Waals surface area contributed by atoms with E-state index in [-0.39, 0.29) is 0 Å². The highest BCUT2D eigenvalue weighted by atomic mass is 79.9. The van der Waals surface area contributed by atoms with Crippen molar-refractivity contribution in [2.24, 2.45) is 0 Å². The number of likely N-dealkylation sites (tertiary alicyclic amines) is 1. The Kier molecular flexibility index (Phi) is 5.33. The SMILES string of the molecule is Brc1ccc(NCCN2CCCCCC2)cc1. The van der Waals surface area contributed by atoms with E-state index in [2.05, 4.69) is 50.4 Å². The van der Waals surface area contributed by atoms with Crippen LogP contribution in [0.5, 0.6) is 0 Å². The van der Waals surface area contributed by atoms with Gasteiger partial charge in [-0.15, -0.1) is 0 Å². The molecule has 94 valence electrons. The minimum absolute atomic E-state index is 1.04. The topological polar surface area (TPSA) is 15.3 Å². The summed E-state index contributed by atoms with van der Waals surface area (Å²) in [6.45, 7) is 4.77. The molecule has 2 nitrogen and oxygen atoms in total. The standard InChI is InChI=1S/C14H21BrN2/c15-13-5-7-14(8-6-13)16-9-12-17-10-3-1-2-4-11-17/h5-8,16H,1-4,9-12H2. The van der Waals surface area contributed by atoms with E-state index in [0.29, 0.717) is 0 Å². The highest BCUT2D eigenvalue weighted by Gasteiger charge is 2.07. The number of halogens is 1. The maximum atomic E-state index is 3.48. The van der Waals surface area contributed by atoms with Crippen molar-refractivity contribution in [3.8, 4) is 0 Å². The molecule has 1 N–H and O–H groups in total. The fourth-order valence-electron chi connectivity index (χ4n) is 2.29. The summed E-state index contributed by atoms with van der Waals surface area (Å²) >= 11 is 3.45. The predicted octanol–water partition coefficient (Wildman–Crippen LogP) is 3.74. The minimum Gasteiger partial charge on any atom is -0.384 e. The molecule has 17 heavy (non-hydrogen) atoms. The van der Waals surface area contributed by atoms with Gasteiger partial charge >= 0.3 is 0 Å². The molecule has 0 radical (unpaired) electrons. The van der Waals surface area contributed by atoms with Crippen molar-refractivity contribution in [2.75, 3.05) is 31.5 Å². The summed E-state index contributed by atoms with van der Waals surface area (Å²) in [6, 6.07) is 8.39. The molecule has 0 amide bonds. The van der Waals surface area contributed by atoms with Gasteiger partial charge < -0.3 is 10.2 Å². The van der Waals surface area contributed by atoms with E-state index >= 15 is 0 Å². The maximum Gasteiger partial charge on any atom is 0.0341 e. The Balaban J connectivity index is 1.69. The number of anilines is 1. The van der Waals surface area contributed by atoms with Crippen LogP contribution in [-0.4, -0.2) is 31.1 Å². The van der Waals surface area contributed by atoms with Gasteiger partial charge in [-0.2, -0.15) is 0 Å². The van der Waals surface area contributed by atoms with Gasteiger partial charge in [0.1, 0.15) is 0 Å². The fraction of sp³-hybridized carbons (Fsp3) is 0.571. The predicted molar refractivity (Wildman–Crippen MR) is 77.5 cm³/mol. The van der Waals surface area contributed by atoms with Gasteiger partial charge in [-0.1, -0.05) is 28.8 Å². The molecule has 1 aromatic rings. The van der Waals surface area contributed by atoms with Gasteiger partial charge in [0.25, 0.3) is 0 Å². The molecule has 0 unspecified atom stereocenters. The molecule has 2 rings (SSSR count). The van der Waals surface area contributed by atoms with Crippen molar-refractivity contribution in [3.63, 3.8) is 0 Å². The summed E-state index contributed by atoms with van der Waals surface area (Å²) in [4.78, 5) is 2.58. The second-order valence-corrected chi connectivity index (χ2v) is 5.61. The van der Waals surface area contributed by atoms with E-state index in [4.69, 9.17) is 0 Å². The Bertz CT molecular complexity index is 315. The monoisotopic (exact) mass is 296 g/mol. The van der Waals surface area contributed by atoms with E-state index < -0.39 is 0 Å². The third kappa shape index (κ3) is 4.68. The number of nitrogens with zero attached hydrogens (tertiary/aromatic N) is 1. The van der Waals surface area contributed by atoms with Crippen LogP contribution in [0, 0.1) is 0 Å². The van der Waals surface area contributed by atoms with Crippen LogP contribution in [0.25, 0.3) is 0 Å². The second-order valence-electron chi connectivity index (χ2n) is 4.69. The number of hydrogen-bond acceptors (Lipinski definition) is 2. The number of benzene rings is 1. The second kappa shape index (κ2) is 7.02. The average molecular weight is 297 g/mol. The zero-order valence-electron chi connectivity index (χ0n) is 10.3. The highest BCUT2D eigenvalue weighted by molar-refractivity contribution is 9.10. The average Bonchev–Trinajstić information content (AvgIpc) is 2.60. The first kappa shape index (κ1) is 12.9. The zero-order valence-corrected chi connectivity index (χ0v) is 11.9. The van der Waals surface area contributed by atoms with Gasteiger partial charge in [-0.05, 0) is 50.2 Å². The largest absolute Gasteiger partial charge is 0.384 e. The molecule has 1 heterocycles. The number of rotatable bonds is 4. The van der Waals surface area contributed by atoms with Crippen molar-refractivity contribution in [1.29, 1.82) is 0 Å². The lowest BCUT2D eigenvalue weighted by Gasteiger charge is -2.20. The summed E-state index contributed by atoms with van der Waals surface area (Å²) in [5.74, 6) is 0. The van der Waals surface area contributed by atoms with Crippen molar-refractivity contribution in [2.45, 2.75) is 25.7 Å². The minimum atomic E-state index is 1.04. The molecule has 0 aromatic heterocycles. The lowest BCUT2D eigenvalue weighted by molar-refractivity contribution is 0.296. The van der Waals surface area contributed by atoms with Crippen LogP contribution in [0.2, 0.25) is 0 Å². The van der Waals surface area contributed by atoms with Crippen molar-refractivity contribution < 1.29 is 0 Å². The first-order valence-corrected chi connectivity index (χ1v) is 7.36. The molecule has 1 saturated heterocycles. The molecular formula is C14H21BrN2. The normalized spacial score (nSPS) is 17.7. The Morgan fingerprint density at radius 3 is 2.29 bits per heavy atom. The van der Waals surface area contributed by atoms with Crippen molar-refractivity contribution in [1.82, 2.24) is 4.90 Å². The Labute approximate surface area is 113 Å². The van der Waals surface area contributed by atoms with Gasteiger partial charge in [0.05, 0.1) is 0 Å². The van der Waals surface area contributed by atoms with E-state index in [1.54, 1.807) is 0 Å². The van der Waals surface area contributed by atoms with E-state index in [1.165, 1.54) is 44.5 Å². The lowest BCUT2D eigenvalue weighted by atomic mass is 10.2. The molecule has 1 aliphatic heterocycles. The van der Waals surface area contributed by atoms with Crippen LogP contribution in [0.1, 0.15) is 25.7 Å². The Morgan fingerprint density at radius 1 is 1.00 bits per heavy atom. The molecule has 3 heteroatoms. The van der Waals surface area contributed by atoms with Gasteiger partial charge in [-0.25, -0.2) is 0 Å². The summed E-state index contributed by atoms with van der Waals surface area (Å²) in [5, 5.41) is 3.48. The van der Waals surface area contributed by atoms with Crippen LogP contribution in [0.4, 0.5) is 5.69 Å². The van der Waals surface area contributed by atoms with Gasteiger partial charge in [0.2, 0.25) is 0 Å². The summed E-state index contributed by atoms with van der Waals surface area (Å²) in [6.07, 6.45) is 5.57. The van der Waals surface area contributed by atoms with Gasteiger partial charge in [0.15, 0.2) is 0 Å². The quantitative estimate of drug-likeness (QED) is 0.911. The third-order valence-electron chi connectivity index (χ3n) is 3.30. The van der Waals surface area contributed by atoms with E-state index in [0.717, 1.165) is 17.6 Å². The molecule has 0 saturated carbocycles. The van der Waals surface area contributed by atoms with E-state index in [1.807, 2.05) is 0 Å². The summed E-state index contributed by atoms with van der Waals surface area (Å²) in [5.41, 5.74) is 1.21. The van der Waals surface area contributed by atoms with Crippen molar-refractivity contribution >= 4 is 21.6 Å². The van der Waals surface area contributed by atoms with Crippen LogP contribution >= 0.6 is 15.9 Å². The van der Waals surface area contributed by atoms with Crippen LogP contribution in [0.15, 0.2) is 28.7 Å². The first-order chi connectivity index (χ1) is 8.34. The van der Waals surface area contributed by atoms with Crippen LogP contribution in [0.3, 0.4) is 0 Å². The highest BCUT2D eigenvalue weighted by Crippen LogP contribution is 2.14. The molecule has 1 fully saturated rings. The molecule has 1 aliphatic rings. The maximum absolute atomic E-state index is 3.48. The lowest BCUT2D eigenvalue weighted by Crippen LogP contribution is -2.29. The molecule has 0 atom stereocenters. The Morgan fingerprint density at radius 2 is 1.65 bits per heavy atom. The summed E-state index contributed by atoms with van der Waals surface area (Å²) in [7, 11) is 0. The van der Waals surface area contributed by atoms with Crippen molar-refractivity contribution in [3.05, 3.63) is 28.7 Å². The first-order valence-electron chi connectivity index (χ1n) is 6.56. The van der Waals surface area contributed by atoms with Gasteiger partial charge in [0, 0.05) is 23.2 Å². The molecular weight excluding hydrogens is 276 g/mol. The molecule has 1 aromatic carbocycles. The number of nitrogens with one attached hydrogen (secondary N) is 1. The third-order valence-corrected chi connectivity index (χ3v) is 3.83. The molecule has 0 aliphatic carbocycles. The smallest absolute Gasteiger partial charge is 0.0341 e. The molecule has 0 bridgehead atoms. The fourth-order valence-corrected chi connectivity index (χ4v) is 2.55. The molecule has 0 spiro atoms. The zero-order chi connectivity index (χ0) is 11.9.